The van der Waals surface area contributed by atoms with E-state index in [1.165, 1.54) is 7.11 Å². The van der Waals surface area contributed by atoms with E-state index in [2.05, 4.69) is 5.32 Å². The fraction of sp³-hybridized carbons (Fsp3) is 0.381. The summed E-state index contributed by atoms with van der Waals surface area (Å²) in [5.74, 6) is 1.00. The van der Waals surface area contributed by atoms with Gasteiger partial charge in [0.25, 0.3) is 0 Å². The highest BCUT2D eigenvalue weighted by molar-refractivity contribution is 7.92. The molecule has 1 amide bonds. The van der Waals surface area contributed by atoms with Gasteiger partial charge in [-0.3, -0.25) is 9.10 Å². The number of nitrogens with zero attached hydrogens (tertiary/aromatic N) is 1. The first-order chi connectivity index (χ1) is 13.8. The van der Waals surface area contributed by atoms with Gasteiger partial charge in [0.2, 0.25) is 15.9 Å². The lowest BCUT2D eigenvalue weighted by Crippen LogP contribution is -2.40. The summed E-state index contributed by atoms with van der Waals surface area (Å²) >= 11 is 0. The Labute approximate surface area is 172 Å². The minimum atomic E-state index is -3.62. The van der Waals surface area contributed by atoms with Crippen molar-refractivity contribution in [2.75, 3.05) is 37.4 Å². The topological polar surface area (TPSA) is 84.9 Å². The van der Waals surface area contributed by atoms with Crippen LogP contribution in [0.5, 0.6) is 11.5 Å². The summed E-state index contributed by atoms with van der Waals surface area (Å²) in [7, 11) is -2.12. The molecule has 0 spiro atoms. The minimum absolute atomic E-state index is 0.290. The van der Waals surface area contributed by atoms with Gasteiger partial charge in [0.15, 0.2) is 0 Å². The number of anilines is 1. The third-order valence-corrected chi connectivity index (χ3v) is 5.39. The van der Waals surface area contributed by atoms with Crippen molar-refractivity contribution in [1.82, 2.24) is 5.32 Å². The Morgan fingerprint density at radius 2 is 1.90 bits per heavy atom. The maximum Gasteiger partial charge on any atom is 0.240 e. The van der Waals surface area contributed by atoms with E-state index in [4.69, 9.17) is 9.47 Å². The molecule has 0 atom stereocenters. The molecule has 8 heteroatoms. The Hall–Kier alpha value is -2.74. The molecule has 29 heavy (non-hydrogen) atoms. The van der Waals surface area contributed by atoms with Crippen LogP contribution in [0.25, 0.3) is 0 Å². The van der Waals surface area contributed by atoms with Crippen LogP contribution in [-0.4, -0.2) is 47.4 Å². The zero-order chi connectivity index (χ0) is 21.3. The monoisotopic (exact) mass is 420 g/mol. The molecule has 1 N–H and O–H groups in total. The van der Waals surface area contributed by atoms with Gasteiger partial charge in [-0.05, 0) is 43.5 Å². The van der Waals surface area contributed by atoms with Crippen LogP contribution in [0.2, 0.25) is 0 Å². The summed E-state index contributed by atoms with van der Waals surface area (Å²) in [6.07, 6.45) is 2.54. The van der Waals surface area contributed by atoms with Crippen molar-refractivity contribution in [3.63, 3.8) is 0 Å². The number of nitrogens with one attached hydrogen (secondary N) is 1. The first-order valence-corrected chi connectivity index (χ1v) is 11.3. The lowest BCUT2D eigenvalue weighted by molar-refractivity contribution is -0.119. The first-order valence-electron chi connectivity index (χ1n) is 9.44. The van der Waals surface area contributed by atoms with E-state index in [9.17, 15) is 13.2 Å². The third-order valence-electron chi connectivity index (χ3n) is 4.25. The number of hydrogen-bond donors (Lipinski definition) is 1. The number of para-hydroxylation sites is 1. The van der Waals surface area contributed by atoms with Gasteiger partial charge >= 0.3 is 0 Å². The lowest BCUT2D eigenvalue weighted by atomic mass is 10.1. The second-order valence-electron chi connectivity index (χ2n) is 6.47. The predicted octanol–water partition coefficient (Wildman–Crippen LogP) is 2.61. The van der Waals surface area contributed by atoms with Crippen molar-refractivity contribution in [2.24, 2.45) is 0 Å². The standard InChI is InChI=1S/C21H28N2O5S/c1-4-28-20-13-6-5-9-17(20)10-8-14-22-21(24)16-23(29(3,25)26)18-11-7-12-19(15-18)27-2/h5-7,9,11-13,15H,4,8,10,14,16H2,1-3H3,(H,22,24). The number of carbonyl (C=O) groups excluding carboxylic acids is 1. The normalized spacial score (nSPS) is 11.0. The molecule has 0 saturated carbocycles. The number of hydrogen-bond acceptors (Lipinski definition) is 5. The van der Waals surface area contributed by atoms with Gasteiger partial charge in [-0.25, -0.2) is 8.42 Å². The van der Waals surface area contributed by atoms with Gasteiger partial charge in [-0.1, -0.05) is 24.3 Å². The van der Waals surface area contributed by atoms with E-state index >= 15 is 0 Å². The van der Waals surface area contributed by atoms with Crippen molar-refractivity contribution in [1.29, 1.82) is 0 Å². The zero-order valence-electron chi connectivity index (χ0n) is 17.1. The fourth-order valence-corrected chi connectivity index (χ4v) is 3.71. The predicted molar refractivity (Wildman–Crippen MR) is 114 cm³/mol. The largest absolute Gasteiger partial charge is 0.497 e. The van der Waals surface area contributed by atoms with E-state index in [0.717, 1.165) is 28.3 Å². The van der Waals surface area contributed by atoms with Crippen LogP contribution in [0.15, 0.2) is 48.5 Å². The average molecular weight is 421 g/mol. The SMILES string of the molecule is CCOc1ccccc1CCCNC(=O)CN(c1cccc(OC)c1)S(C)(=O)=O. The Kier molecular flexibility index (Phi) is 8.33. The van der Waals surface area contributed by atoms with Crippen molar-refractivity contribution in [2.45, 2.75) is 19.8 Å². The van der Waals surface area contributed by atoms with E-state index in [0.29, 0.717) is 31.0 Å². The molecule has 0 bridgehead atoms. The molecular weight excluding hydrogens is 392 g/mol. The molecular formula is C21H28N2O5S. The molecule has 7 nitrogen and oxygen atoms in total. The maximum atomic E-state index is 12.3. The molecule has 2 aromatic rings. The lowest BCUT2D eigenvalue weighted by Gasteiger charge is -2.22. The molecule has 0 radical (unpaired) electrons. The Morgan fingerprint density at radius 3 is 2.59 bits per heavy atom. The summed E-state index contributed by atoms with van der Waals surface area (Å²) in [5.41, 5.74) is 1.46. The number of rotatable bonds is 11. The minimum Gasteiger partial charge on any atom is -0.497 e. The molecule has 0 saturated heterocycles. The maximum absolute atomic E-state index is 12.3. The number of benzene rings is 2. The van der Waals surface area contributed by atoms with Crippen LogP contribution in [0, 0.1) is 0 Å². The average Bonchev–Trinajstić information content (AvgIpc) is 2.70. The Morgan fingerprint density at radius 1 is 1.14 bits per heavy atom. The molecule has 2 aromatic carbocycles. The molecule has 0 unspecified atom stereocenters. The van der Waals surface area contributed by atoms with Crippen LogP contribution in [-0.2, 0) is 21.2 Å². The molecule has 2 rings (SSSR count). The number of aryl methyl sites for hydroxylation is 1. The number of amides is 1. The van der Waals surface area contributed by atoms with Crippen molar-refractivity contribution < 1.29 is 22.7 Å². The first kappa shape index (κ1) is 22.5. The molecule has 0 aliphatic rings. The second kappa shape index (κ2) is 10.7. The zero-order valence-corrected chi connectivity index (χ0v) is 17.9. The van der Waals surface area contributed by atoms with Crippen molar-refractivity contribution in [3.8, 4) is 11.5 Å². The van der Waals surface area contributed by atoms with Crippen LogP contribution < -0.4 is 19.1 Å². The Balaban J connectivity index is 1.92. The molecule has 0 aliphatic heterocycles. The van der Waals surface area contributed by atoms with Gasteiger partial charge in [-0.15, -0.1) is 0 Å². The number of sulfonamides is 1. The van der Waals surface area contributed by atoms with E-state index < -0.39 is 10.0 Å². The smallest absolute Gasteiger partial charge is 0.240 e. The van der Waals surface area contributed by atoms with Crippen molar-refractivity contribution >= 4 is 21.6 Å². The van der Waals surface area contributed by atoms with Gasteiger partial charge in [-0.2, -0.15) is 0 Å². The van der Waals surface area contributed by atoms with Crippen LogP contribution in [0.1, 0.15) is 18.9 Å². The van der Waals surface area contributed by atoms with E-state index in [-0.39, 0.29) is 12.5 Å². The quantitative estimate of drug-likeness (QED) is 0.565. The summed E-state index contributed by atoms with van der Waals surface area (Å²) in [6, 6.07) is 14.4. The summed E-state index contributed by atoms with van der Waals surface area (Å²) in [6.45, 7) is 2.68. The van der Waals surface area contributed by atoms with Crippen LogP contribution >= 0.6 is 0 Å². The third kappa shape index (κ3) is 6.98. The van der Waals surface area contributed by atoms with Crippen LogP contribution in [0.3, 0.4) is 0 Å². The van der Waals surface area contributed by atoms with Crippen LogP contribution in [0.4, 0.5) is 5.69 Å². The summed E-state index contributed by atoms with van der Waals surface area (Å²) in [4.78, 5) is 12.3. The fourth-order valence-electron chi connectivity index (χ4n) is 2.87. The van der Waals surface area contributed by atoms with Gasteiger partial charge < -0.3 is 14.8 Å². The second-order valence-corrected chi connectivity index (χ2v) is 8.37. The molecule has 0 aromatic heterocycles. The number of ether oxygens (including phenoxy) is 2. The molecule has 0 fully saturated rings. The number of methoxy groups -OCH3 is 1. The Bertz CT molecular complexity index is 915. The molecule has 0 heterocycles. The van der Waals surface area contributed by atoms with Gasteiger partial charge in [0, 0.05) is 12.6 Å². The number of carbonyl (C=O) groups is 1. The highest BCUT2D eigenvalue weighted by Gasteiger charge is 2.21. The van der Waals surface area contributed by atoms with Crippen molar-refractivity contribution in [3.05, 3.63) is 54.1 Å². The molecule has 158 valence electrons. The van der Waals surface area contributed by atoms with E-state index in [1.54, 1.807) is 24.3 Å². The highest BCUT2D eigenvalue weighted by atomic mass is 32.2. The summed E-state index contributed by atoms with van der Waals surface area (Å²) < 4.78 is 36.2. The van der Waals surface area contributed by atoms with E-state index in [1.807, 2.05) is 31.2 Å². The van der Waals surface area contributed by atoms with Gasteiger partial charge in [0.05, 0.1) is 25.7 Å². The molecule has 0 aliphatic carbocycles. The van der Waals surface area contributed by atoms with Gasteiger partial charge in [0.1, 0.15) is 18.0 Å². The highest BCUT2D eigenvalue weighted by Crippen LogP contribution is 2.23. The summed E-state index contributed by atoms with van der Waals surface area (Å²) in [5, 5.41) is 2.79.